The summed E-state index contributed by atoms with van der Waals surface area (Å²) < 4.78 is 13.0. The molecule has 0 aliphatic carbocycles. The molecule has 4 heterocycles. The maximum Gasteiger partial charge on any atom is 0.249 e. The van der Waals surface area contributed by atoms with Crippen LogP contribution in [0.25, 0.3) is 5.69 Å². The molecule has 1 amide bonds. The SMILES string of the molecule is CCc1nc(Nc2ccc(-n3cnc(C)c3)c(OC)c2)nc2c1NC(=O)[C@H]1COCCN21. The van der Waals surface area contributed by atoms with Gasteiger partial charge in [-0.15, -0.1) is 0 Å². The molecule has 32 heavy (non-hydrogen) atoms. The quantitative estimate of drug-likeness (QED) is 0.630. The molecule has 166 valence electrons. The molecule has 3 aromatic rings. The topological polar surface area (TPSA) is 106 Å². The number of fused-ring (bicyclic) bond motifs is 3. The zero-order valence-electron chi connectivity index (χ0n) is 18.3. The Morgan fingerprint density at radius 2 is 2.22 bits per heavy atom. The van der Waals surface area contributed by atoms with Crippen LogP contribution < -0.4 is 20.3 Å². The lowest BCUT2D eigenvalue weighted by Crippen LogP contribution is -2.55. The number of nitrogens with zero attached hydrogens (tertiary/aromatic N) is 5. The van der Waals surface area contributed by atoms with Gasteiger partial charge in [-0.1, -0.05) is 6.92 Å². The van der Waals surface area contributed by atoms with E-state index in [4.69, 9.17) is 14.5 Å². The minimum absolute atomic E-state index is 0.0775. The molecule has 1 saturated heterocycles. The molecular weight excluding hydrogens is 410 g/mol. The van der Waals surface area contributed by atoms with Crippen LogP contribution in [-0.2, 0) is 16.0 Å². The number of methoxy groups -OCH3 is 1. The molecule has 2 aliphatic heterocycles. The van der Waals surface area contributed by atoms with Gasteiger partial charge >= 0.3 is 0 Å². The van der Waals surface area contributed by atoms with Gasteiger partial charge in [0.2, 0.25) is 11.9 Å². The Morgan fingerprint density at radius 3 is 2.97 bits per heavy atom. The maximum atomic E-state index is 12.5. The van der Waals surface area contributed by atoms with E-state index < -0.39 is 0 Å². The monoisotopic (exact) mass is 435 g/mol. The Bertz CT molecular complexity index is 1180. The summed E-state index contributed by atoms with van der Waals surface area (Å²) >= 11 is 0. The minimum Gasteiger partial charge on any atom is -0.494 e. The summed E-state index contributed by atoms with van der Waals surface area (Å²) in [6, 6.07) is 5.43. The Hall–Kier alpha value is -3.66. The fourth-order valence-corrected chi connectivity index (χ4v) is 4.07. The van der Waals surface area contributed by atoms with Crippen LogP contribution in [0.1, 0.15) is 18.3 Å². The maximum absolute atomic E-state index is 12.5. The highest BCUT2D eigenvalue weighted by Gasteiger charge is 2.38. The van der Waals surface area contributed by atoms with E-state index >= 15 is 0 Å². The molecule has 1 atom stereocenters. The van der Waals surface area contributed by atoms with E-state index in [1.165, 1.54) is 0 Å². The van der Waals surface area contributed by atoms with Crippen molar-refractivity contribution in [3.63, 3.8) is 0 Å². The van der Waals surface area contributed by atoms with Crippen molar-refractivity contribution < 1.29 is 14.3 Å². The fraction of sp³-hybridized carbons (Fsp3) is 0.364. The summed E-state index contributed by atoms with van der Waals surface area (Å²) in [5, 5.41) is 6.27. The average Bonchev–Trinajstić information content (AvgIpc) is 3.25. The number of hydrogen-bond acceptors (Lipinski definition) is 8. The molecule has 1 aromatic carbocycles. The highest BCUT2D eigenvalue weighted by molar-refractivity contribution is 6.03. The Labute approximate surface area is 185 Å². The van der Waals surface area contributed by atoms with Crippen molar-refractivity contribution in [3.05, 3.63) is 42.1 Å². The zero-order valence-corrected chi connectivity index (χ0v) is 18.3. The number of hydrogen-bond donors (Lipinski definition) is 2. The van der Waals surface area contributed by atoms with Crippen LogP contribution >= 0.6 is 0 Å². The van der Waals surface area contributed by atoms with Gasteiger partial charge in [-0.3, -0.25) is 4.79 Å². The summed E-state index contributed by atoms with van der Waals surface area (Å²) in [7, 11) is 1.64. The molecule has 0 saturated carbocycles. The summed E-state index contributed by atoms with van der Waals surface area (Å²) in [4.78, 5) is 28.2. The number of anilines is 4. The van der Waals surface area contributed by atoms with Gasteiger partial charge in [0, 0.05) is 24.5 Å². The number of morpholine rings is 1. The molecule has 2 aromatic heterocycles. The molecule has 5 rings (SSSR count). The van der Waals surface area contributed by atoms with Crippen molar-refractivity contribution in [3.8, 4) is 11.4 Å². The summed E-state index contributed by atoms with van der Waals surface area (Å²) in [6.45, 7) is 5.47. The second-order valence-electron chi connectivity index (χ2n) is 7.75. The van der Waals surface area contributed by atoms with Crippen LogP contribution in [0.5, 0.6) is 5.75 Å². The second-order valence-corrected chi connectivity index (χ2v) is 7.75. The lowest BCUT2D eigenvalue weighted by molar-refractivity contribution is -0.120. The van der Waals surface area contributed by atoms with Crippen molar-refractivity contribution in [2.45, 2.75) is 26.3 Å². The number of ether oxygens (including phenoxy) is 2. The van der Waals surface area contributed by atoms with Crippen LogP contribution in [0, 0.1) is 6.92 Å². The number of rotatable bonds is 5. The zero-order chi connectivity index (χ0) is 22.2. The number of benzene rings is 1. The van der Waals surface area contributed by atoms with Crippen molar-refractivity contribution >= 4 is 29.0 Å². The van der Waals surface area contributed by atoms with Gasteiger partial charge in [0.1, 0.15) is 17.5 Å². The lowest BCUT2D eigenvalue weighted by Gasteiger charge is -2.40. The van der Waals surface area contributed by atoms with E-state index in [2.05, 4.69) is 20.6 Å². The number of aryl methyl sites for hydroxylation is 2. The van der Waals surface area contributed by atoms with Gasteiger partial charge in [0.25, 0.3) is 0 Å². The molecule has 0 spiro atoms. The van der Waals surface area contributed by atoms with Crippen LogP contribution in [0.15, 0.2) is 30.7 Å². The number of carbonyl (C=O) groups excluding carboxylic acids is 1. The number of carbonyl (C=O) groups is 1. The van der Waals surface area contributed by atoms with E-state index in [9.17, 15) is 4.79 Å². The number of amides is 1. The Morgan fingerprint density at radius 1 is 1.34 bits per heavy atom. The highest BCUT2D eigenvalue weighted by Crippen LogP contribution is 2.36. The first kappa shape index (κ1) is 20.3. The molecule has 0 radical (unpaired) electrons. The van der Waals surface area contributed by atoms with Gasteiger partial charge in [-0.05, 0) is 25.5 Å². The van der Waals surface area contributed by atoms with E-state index in [0.717, 1.165) is 28.6 Å². The molecule has 1 fully saturated rings. The minimum atomic E-state index is -0.373. The first-order valence-corrected chi connectivity index (χ1v) is 10.6. The molecular formula is C22H25N7O3. The predicted octanol–water partition coefficient (Wildman–Crippen LogP) is 2.44. The van der Waals surface area contributed by atoms with Crippen LogP contribution in [0.2, 0.25) is 0 Å². The molecule has 0 bridgehead atoms. The summed E-state index contributed by atoms with van der Waals surface area (Å²) in [5.41, 5.74) is 4.08. The average molecular weight is 435 g/mol. The first-order valence-electron chi connectivity index (χ1n) is 10.6. The van der Waals surface area contributed by atoms with Crippen molar-refractivity contribution in [1.29, 1.82) is 0 Å². The van der Waals surface area contributed by atoms with E-state index in [0.29, 0.717) is 43.6 Å². The third kappa shape index (κ3) is 3.52. The van der Waals surface area contributed by atoms with Crippen LogP contribution in [0.4, 0.5) is 23.1 Å². The third-order valence-electron chi connectivity index (χ3n) is 5.68. The second kappa shape index (κ2) is 8.12. The van der Waals surface area contributed by atoms with E-state index in [1.807, 2.05) is 47.7 Å². The van der Waals surface area contributed by atoms with Crippen LogP contribution in [-0.4, -0.2) is 58.3 Å². The number of imidazole rings is 1. The number of aromatic nitrogens is 4. The van der Waals surface area contributed by atoms with Gasteiger partial charge in [-0.2, -0.15) is 4.98 Å². The van der Waals surface area contributed by atoms with Gasteiger partial charge in [0.15, 0.2) is 5.82 Å². The van der Waals surface area contributed by atoms with E-state index in [-0.39, 0.29) is 11.9 Å². The lowest BCUT2D eigenvalue weighted by atomic mass is 10.1. The van der Waals surface area contributed by atoms with Gasteiger partial charge < -0.3 is 29.6 Å². The third-order valence-corrected chi connectivity index (χ3v) is 5.68. The molecule has 2 aliphatic rings. The predicted molar refractivity (Wildman–Crippen MR) is 120 cm³/mol. The van der Waals surface area contributed by atoms with Crippen molar-refractivity contribution in [1.82, 2.24) is 19.5 Å². The van der Waals surface area contributed by atoms with Gasteiger partial charge in [-0.25, -0.2) is 9.97 Å². The standard InChI is InChI=1S/C22H25N7O3/c1-4-15-19-20(29-7-8-32-11-17(29)21(30)26-19)27-22(25-15)24-14-5-6-16(18(9-14)31-3)28-10-13(2)23-12-28/h5-6,9-10,12,17H,4,7-8,11H2,1-3H3,(H,26,30)(H,24,25,27)/t17-/m1/s1. The van der Waals surface area contributed by atoms with Crippen molar-refractivity contribution in [2.75, 3.05) is 42.4 Å². The van der Waals surface area contributed by atoms with Crippen molar-refractivity contribution in [2.24, 2.45) is 0 Å². The normalized spacial score (nSPS) is 17.4. The van der Waals surface area contributed by atoms with Crippen LogP contribution in [0.3, 0.4) is 0 Å². The molecule has 2 N–H and O–H groups in total. The highest BCUT2D eigenvalue weighted by atomic mass is 16.5. The summed E-state index contributed by atoms with van der Waals surface area (Å²) in [5.74, 6) is 1.81. The number of nitrogens with one attached hydrogen (secondary N) is 2. The fourth-order valence-electron chi connectivity index (χ4n) is 4.07. The smallest absolute Gasteiger partial charge is 0.249 e. The molecule has 0 unspecified atom stereocenters. The van der Waals surface area contributed by atoms with E-state index in [1.54, 1.807) is 13.4 Å². The molecule has 10 nitrogen and oxygen atoms in total. The molecule has 10 heteroatoms. The Balaban J connectivity index is 1.49. The first-order chi connectivity index (χ1) is 15.6. The Kier molecular flexibility index (Phi) is 5.14. The van der Waals surface area contributed by atoms with Gasteiger partial charge in [0.05, 0.1) is 43.7 Å². The summed E-state index contributed by atoms with van der Waals surface area (Å²) in [6.07, 6.45) is 4.36. The largest absolute Gasteiger partial charge is 0.494 e.